The Balaban J connectivity index is 1.60. The van der Waals surface area contributed by atoms with Gasteiger partial charge in [-0.25, -0.2) is 0 Å². The summed E-state index contributed by atoms with van der Waals surface area (Å²) >= 11 is 0. The molecule has 0 saturated carbocycles. The first-order valence-electron chi connectivity index (χ1n) is 8.62. The summed E-state index contributed by atoms with van der Waals surface area (Å²) in [6.07, 6.45) is 6.76. The number of likely N-dealkylation sites (tertiary alicyclic amines) is 1. The molecular formula is C18H24N4O2. The van der Waals surface area contributed by atoms with Gasteiger partial charge in [0.05, 0.1) is 5.69 Å². The first kappa shape index (κ1) is 16.6. The van der Waals surface area contributed by atoms with Crippen molar-refractivity contribution < 1.29 is 9.32 Å². The number of nitrogens with one attached hydrogen (secondary N) is 1. The van der Waals surface area contributed by atoms with Crippen molar-refractivity contribution >= 4 is 5.91 Å². The average Bonchev–Trinajstić information content (AvgIpc) is 3.11. The summed E-state index contributed by atoms with van der Waals surface area (Å²) in [5, 5.41) is 6.96. The predicted octanol–water partition coefficient (Wildman–Crippen LogP) is 2.59. The van der Waals surface area contributed by atoms with Crippen LogP contribution >= 0.6 is 0 Å². The summed E-state index contributed by atoms with van der Waals surface area (Å²) < 4.78 is 5.24. The normalized spacial score (nSPS) is 18.5. The number of pyridine rings is 1. The van der Waals surface area contributed by atoms with Crippen LogP contribution in [0.3, 0.4) is 0 Å². The number of aromatic nitrogens is 2. The first-order valence-corrected chi connectivity index (χ1v) is 8.62. The Bertz CT molecular complexity index is 656. The van der Waals surface area contributed by atoms with Gasteiger partial charge in [0.2, 0.25) is 5.76 Å². The number of hydrogen-bond acceptors (Lipinski definition) is 5. The standard InChI is InChI=1S/C18H24N4O2/c1-2-7-20-18(23)17-11-16(21-24-17)15-4-3-10-22(13-15)12-14-5-8-19-9-6-14/h5-6,8-9,11,15H,2-4,7,10,12-13H2,1H3,(H,20,23)/t15-/m1/s1. The van der Waals surface area contributed by atoms with Gasteiger partial charge in [-0.3, -0.25) is 14.7 Å². The topological polar surface area (TPSA) is 71.3 Å². The fraction of sp³-hybridized carbons (Fsp3) is 0.500. The number of carbonyl (C=O) groups excluding carboxylic acids is 1. The van der Waals surface area contributed by atoms with Crippen LogP contribution < -0.4 is 5.32 Å². The molecule has 3 heterocycles. The zero-order valence-corrected chi connectivity index (χ0v) is 14.1. The Morgan fingerprint density at radius 2 is 2.25 bits per heavy atom. The van der Waals surface area contributed by atoms with E-state index in [0.29, 0.717) is 18.2 Å². The molecule has 0 unspecified atom stereocenters. The number of nitrogens with zero attached hydrogens (tertiary/aromatic N) is 3. The lowest BCUT2D eigenvalue weighted by molar-refractivity contribution is 0.0916. The molecule has 0 radical (unpaired) electrons. The van der Waals surface area contributed by atoms with Gasteiger partial charge in [-0.15, -0.1) is 0 Å². The number of carbonyl (C=O) groups is 1. The molecule has 1 fully saturated rings. The highest BCUT2D eigenvalue weighted by molar-refractivity contribution is 5.91. The van der Waals surface area contributed by atoms with Crippen molar-refractivity contribution in [3.63, 3.8) is 0 Å². The molecule has 24 heavy (non-hydrogen) atoms. The van der Waals surface area contributed by atoms with E-state index in [9.17, 15) is 4.79 Å². The van der Waals surface area contributed by atoms with Crippen LogP contribution in [0.5, 0.6) is 0 Å². The van der Waals surface area contributed by atoms with Crippen LogP contribution in [-0.2, 0) is 6.54 Å². The Kier molecular flexibility index (Phi) is 5.59. The molecule has 0 aromatic carbocycles. The van der Waals surface area contributed by atoms with Gasteiger partial charge in [0, 0.05) is 44.0 Å². The molecule has 128 valence electrons. The quantitative estimate of drug-likeness (QED) is 0.882. The molecule has 3 rings (SSSR count). The van der Waals surface area contributed by atoms with Gasteiger partial charge in [-0.05, 0) is 43.5 Å². The van der Waals surface area contributed by atoms with Gasteiger partial charge in [-0.2, -0.15) is 0 Å². The van der Waals surface area contributed by atoms with Crippen molar-refractivity contribution in [3.8, 4) is 0 Å². The third-order valence-electron chi connectivity index (χ3n) is 4.37. The molecule has 0 bridgehead atoms. The van der Waals surface area contributed by atoms with Crippen LogP contribution in [0.4, 0.5) is 0 Å². The third-order valence-corrected chi connectivity index (χ3v) is 4.37. The Labute approximate surface area is 142 Å². The lowest BCUT2D eigenvalue weighted by atomic mass is 9.94. The summed E-state index contributed by atoms with van der Waals surface area (Å²) in [6.45, 7) is 5.61. The van der Waals surface area contributed by atoms with E-state index in [1.54, 1.807) is 6.07 Å². The summed E-state index contributed by atoms with van der Waals surface area (Å²) in [6, 6.07) is 5.90. The molecule has 1 N–H and O–H groups in total. The van der Waals surface area contributed by atoms with Crippen molar-refractivity contribution in [2.45, 2.75) is 38.6 Å². The van der Waals surface area contributed by atoms with Crippen molar-refractivity contribution in [2.24, 2.45) is 0 Å². The van der Waals surface area contributed by atoms with Gasteiger partial charge in [0.1, 0.15) is 0 Å². The van der Waals surface area contributed by atoms with Crippen LogP contribution in [0.15, 0.2) is 35.1 Å². The maximum absolute atomic E-state index is 11.9. The molecule has 1 saturated heterocycles. The van der Waals surface area contributed by atoms with Crippen molar-refractivity contribution in [1.82, 2.24) is 20.4 Å². The highest BCUT2D eigenvalue weighted by Gasteiger charge is 2.25. The second-order valence-corrected chi connectivity index (χ2v) is 6.30. The predicted molar refractivity (Wildman–Crippen MR) is 90.6 cm³/mol. The van der Waals surface area contributed by atoms with E-state index in [0.717, 1.165) is 44.6 Å². The largest absolute Gasteiger partial charge is 0.351 e. The van der Waals surface area contributed by atoms with E-state index in [1.807, 2.05) is 19.3 Å². The highest BCUT2D eigenvalue weighted by Crippen LogP contribution is 2.27. The van der Waals surface area contributed by atoms with E-state index >= 15 is 0 Å². The minimum atomic E-state index is -0.181. The summed E-state index contributed by atoms with van der Waals surface area (Å²) in [5.41, 5.74) is 2.15. The molecule has 1 aliphatic heterocycles. The van der Waals surface area contributed by atoms with Crippen LogP contribution in [-0.4, -0.2) is 40.6 Å². The van der Waals surface area contributed by atoms with Gasteiger partial charge < -0.3 is 9.84 Å². The van der Waals surface area contributed by atoms with Crippen LogP contribution in [0, 0.1) is 0 Å². The summed E-state index contributed by atoms with van der Waals surface area (Å²) in [7, 11) is 0. The molecule has 0 aliphatic carbocycles. The number of rotatable bonds is 6. The minimum absolute atomic E-state index is 0.181. The van der Waals surface area contributed by atoms with E-state index in [4.69, 9.17) is 4.52 Å². The van der Waals surface area contributed by atoms with Crippen molar-refractivity contribution in [3.05, 3.63) is 47.6 Å². The molecule has 6 nitrogen and oxygen atoms in total. The fourth-order valence-electron chi connectivity index (χ4n) is 3.10. The Morgan fingerprint density at radius 1 is 1.42 bits per heavy atom. The zero-order chi connectivity index (χ0) is 16.8. The van der Waals surface area contributed by atoms with Crippen LogP contribution in [0.1, 0.15) is 53.9 Å². The van der Waals surface area contributed by atoms with E-state index in [-0.39, 0.29) is 5.91 Å². The molecule has 2 aromatic rings. The van der Waals surface area contributed by atoms with Gasteiger partial charge >= 0.3 is 0 Å². The minimum Gasteiger partial charge on any atom is -0.351 e. The summed E-state index contributed by atoms with van der Waals surface area (Å²) in [5.74, 6) is 0.446. The molecule has 1 atom stereocenters. The fourth-order valence-corrected chi connectivity index (χ4v) is 3.10. The molecule has 2 aromatic heterocycles. The maximum atomic E-state index is 11.9. The maximum Gasteiger partial charge on any atom is 0.289 e. The first-order chi connectivity index (χ1) is 11.8. The smallest absolute Gasteiger partial charge is 0.289 e. The highest BCUT2D eigenvalue weighted by atomic mass is 16.5. The van der Waals surface area contributed by atoms with E-state index < -0.39 is 0 Å². The summed E-state index contributed by atoms with van der Waals surface area (Å²) in [4.78, 5) is 18.4. The van der Waals surface area contributed by atoms with E-state index in [1.165, 1.54) is 5.56 Å². The molecule has 1 aliphatic rings. The molecule has 1 amide bonds. The monoisotopic (exact) mass is 328 g/mol. The van der Waals surface area contributed by atoms with Crippen molar-refractivity contribution in [1.29, 1.82) is 0 Å². The number of hydrogen-bond donors (Lipinski definition) is 1. The lowest BCUT2D eigenvalue weighted by Crippen LogP contribution is -2.34. The zero-order valence-electron chi connectivity index (χ0n) is 14.1. The molecular weight excluding hydrogens is 304 g/mol. The second kappa shape index (κ2) is 8.06. The van der Waals surface area contributed by atoms with Crippen LogP contribution in [0.25, 0.3) is 0 Å². The van der Waals surface area contributed by atoms with Gasteiger partial charge in [0.15, 0.2) is 0 Å². The molecule has 6 heteroatoms. The Hall–Kier alpha value is -2.21. The lowest BCUT2D eigenvalue weighted by Gasteiger charge is -2.31. The second-order valence-electron chi connectivity index (χ2n) is 6.30. The van der Waals surface area contributed by atoms with E-state index in [2.05, 4.69) is 32.5 Å². The third kappa shape index (κ3) is 4.20. The van der Waals surface area contributed by atoms with Crippen molar-refractivity contribution in [2.75, 3.05) is 19.6 Å². The van der Waals surface area contributed by atoms with Gasteiger partial charge in [-0.1, -0.05) is 12.1 Å². The van der Waals surface area contributed by atoms with Gasteiger partial charge in [0.25, 0.3) is 5.91 Å². The molecule has 0 spiro atoms. The number of piperidine rings is 1. The van der Waals surface area contributed by atoms with Crippen LogP contribution in [0.2, 0.25) is 0 Å². The average molecular weight is 328 g/mol. The SMILES string of the molecule is CCCNC(=O)c1cc([C@@H]2CCCN(Cc3ccncc3)C2)no1. The Morgan fingerprint density at radius 3 is 3.04 bits per heavy atom. The number of amides is 1.